The molecule has 0 radical (unpaired) electrons. The van der Waals surface area contributed by atoms with Gasteiger partial charge in [0.1, 0.15) is 0 Å². The van der Waals surface area contributed by atoms with Crippen molar-refractivity contribution in [3.05, 3.63) is 124 Å². The third-order valence-electron chi connectivity index (χ3n) is 9.86. The van der Waals surface area contributed by atoms with E-state index in [0.29, 0.717) is 0 Å². The lowest BCUT2D eigenvalue weighted by atomic mass is 9.65. The van der Waals surface area contributed by atoms with Crippen molar-refractivity contribution in [2.45, 2.75) is 56.6 Å². The molecule has 0 aromatic heterocycles. The summed E-state index contributed by atoms with van der Waals surface area (Å²) >= 11 is 0. The summed E-state index contributed by atoms with van der Waals surface area (Å²) < 4.78 is 12.9. The summed E-state index contributed by atoms with van der Waals surface area (Å²) in [5, 5.41) is 0. The molecule has 0 bridgehead atoms. The molecule has 0 N–H and O–H groups in total. The predicted molar refractivity (Wildman–Crippen MR) is 155 cm³/mol. The summed E-state index contributed by atoms with van der Waals surface area (Å²) in [5.41, 5.74) is 12.7. The molecular weight excluding hydrogens is 463 g/mol. The smallest absolute Gasteiger partial charge is 0.403 e. The second-order valence-electron chi connectivity index (χ2n) is 12.3. The van der Waals surface area contributed by atoms with Crippen LogP contribution in [-0.2, 0) is 21.1 Å². The zero-order chi connectivity index (χ0) is 25.9. The van der Waals surface area contributed by atoms with Gasteiger partial charge in [-0.2, -0.15) is 0 Å². The summed E-state index contributed by atoms with van der Waals surface area (Å²) in [5.74, 6) is 0.185. The minimum Gasteiger partial charge on any atom is -0.403 e. The van der Waals surface area contributed by atoms with Gasteiger partial charge < -0.3 is 9.31 Å². The monoisotopic (exact) mass is 494 g/mol. The van der Waals surface area contributed by atoms with Gasteiger partial charge in [0.15, 0.2) is 0 Å². The standard InChI is InChI=1S/C35H31BO2/c1-33(2)34(3,4)38-36(37-33)24-18-17-22-20-28-27-13-7-10-16-31(27)35(32(28)21-23(22)19-24)29-14-8-5-11-25(29)26-12-6-9-15-30(26)35/h5-18,20-21,24H,19H2,1-4H3. The van der Waals surface area contributed by atoms with Crippen molar-refractivity contribution >= 4 is 13.2 Å². The van der Waals surface area contributed by atoms with E-state index in [0.717, 1.165) is 6.42 Å². The van der Waals surface area contributed by atoms with E-state index in [1.165, 1.54) is 55.6 Å². The highest BCUT2D eigenvalue weighted by Crippen LogP contribution is 2.63. The predicted octanol–water partition coefficient (Wildman–Crippen LogP) is 8.06. The van der Waals surface area contributed by atoms with Crippen molar-refractivity contribution in [3.8, 4) is 22.3 Å². The van der Waals surface area contributed by atoms with Crippen LogP contribution in [0.25, 0.3) is 28.3 Å². The van der Waals surface area contributed by atoms with Gasteiger partial charge in [0.25, 0.3) is 0 Å². The highest BCUT2D eigenvalue weighted by molar-refractivity contribution is 6.48. The number of fused-ring (bicyclic) bond motifs is 11. The minimum atomic E-state index is -0.327. The first-order valence-electron chi connectivity index (χ1n) is 13.8. The summed E-state index contributed by atoms with van der Waals surface area (Å²) in [7, 11) is -0.239. The van der Waals surface area contributed by atoms with Crippen LogP contribution in [0.15, 0.2) is 91.0 Å². The zero-order valence-corrected chi connectivity index (χ0v) is 22.4. The Morgan fingerprint density at radius 1 is 0.632 bits per heavy atom. The lowest BCUT2D eigenvalue weighted by Gasteiger charge is -2.32. The number of benzene rings is 4. The number of hydrogen-bond acceptors (Lipinski definition) is 2. The molecule has 1 heterocycles. The molecule has 4 aromatic carbocycles. The molecule has 1 aliphatic heterocycles. The van der Waals surface area contributed by atoms with Crippen molar-refractivity contribution < 1.29 is 9.31 Å². The maximum Gasteiger partial charge on any atom is 0.465 e. The van der Waals surface area contributed by atoms with E-state index in [9.17, 15) is 0 Å². The highest BCUT2D eigenvalue weighted by Gasteiger charge is 2.54. The first-order valence-corrected chi connectivity index (χ1v) is 13.8. The molecule has 2 nitrogen and oxygen atoms in total. The first-order chi connectivity index (χ1) is 18.3. The molecule has 1 unspecified atom stereocenters. The van der Waals surface area contributed by atoms with Crippen LogP contribution in [0.1, 0.15) is 61.1 Å². The van der Waals surface area contributed by atoms with E-state index in [1.54, 1.807) is 0 Å². The largest absolute Gasteiger partial charge is 0.465 e. The van der Waals surface area contributed by atoms with E-state index in [2.05, 4.69) is 125 Å². The second-order valence-corrected chi connectivity index (χ2v) is 12.3. The van der Waals surface area contributed by atoms with Crippen LogP contribution < -0.4 is 0 Å². The molecule has 4 aliphatic rings. The van der Waals surface area contributed by atoms with Crippen molar-refractivity contribution in [1.82, 2.24) is 0 Å². The lowest BCUT2D eigenvalue weighted by molar-refractivity contribution is 0.00578. The van der Waals surface area contributed by atoms with E-state index in [4.69, 9.17) is 9.31 Å². The van der Waals surface area contributed by atoms with Gasteiger partial charge in [0.2, 0.25) is 0 Å². The van der Waals surface area contributed by atoms with Crippen LogP contribution in [0, 0.1) is 0 Å². The third-order valence-corrected chi connectivity index (χ3v) is 9.86. The van der Waals surface area contributed by atoms with Gasteiger partial charge in [-0.3, -0.25) is 0 Å². The molecule has 1 saturated heterocycles. The number of hydrogen-bond donors (Lipinski definition) is 0. The molecule has 0 amide bonds. The van der Waals surface area contributed by atoms with Crippen molar-refractivity contribution in [1.29, 1.82) is 0 Å². The van der Waals surface area contributed by atoms with Crippen LogP contribution in [0.4, 0.5) is 0 Å². The quantitative estimate of drug-likeness (QED) is 0.215. The first kappa shape index (κ1) is 22.6. The SMILES string of the molecule is CC1(C)OB(C2C=Cc3cc4c(cc3C2)C2(c3ccccc3-c3ccccc32)c2ccccc2-4)OC1(C)C. The minimum absolute atomic E-state index is 0.185. The maximum absolute atomic E-state index is 6.47. The molecule has 8 rings (SSSR count). The van der Waals surface area contributed by atoms with E-state index >= 15 is 0 Å². The Kier molecular flexibility index (Phi) is 4.38. The molecule has 3 heteroatoms. The normalized spacial score (nSPS) is 22.1. The molecule has 1 atom stereocenters. The van der Waals surface area contributed by atoms with Crippen molar-refractivity contribution in [2.75, 3.05) is 0 Å². The molecule has 1 fully saturated rings. The molecule has 186 valence electrons. The van der Waals surface area contributed by atoms with Gasteiger partial charge in [0, 0.05) is 5.82 Å². The molecule has 3 aliphatic carbocycles. The topological polar surface area (TPSA) is 18.5 Å². The van der Waals surface area contributed by atoms with Crippen LogP contribution in [0.2, 0.25) is 5.82 Å². The highest BCUT2D eigenvalue weighted by atomic mass is 16.7. The zero-order valence-electron chi connectivity index (χ0n) is 22.4. The third kappa shape index (κ3) is 2.71. The summed E-state index contributed by atoms with van der Waals surface area (Å²) in [6.45, 7) is 8.54. The molecular formula is C35H31BO2. The van der Waals surface area contributed by atoms with E-state index in [1.807, 2.05) is 0 Å². The Hall–Kier alpha value is -3.40. The Morgan fingerprint density at radius 2 is 1.13 bits per heavy atom. The van der Waals surface area contributed by atoms with Crippen LogP contribution in [-0.4, -0.2) is 18.3 Å². The van der Waals surface area contributed by atoms with Crippen molar-refractivity contribution in [2.24, 2.45) is 0 Å². The summed E-state index contributed by atoms with van der Waals surface area (Å²) in [6.07, 6.45) is 5.50. The molecule has 0 saturated carbocycles. The Morgan fingerprint density at radius 3 is 1.68 bits per heavy atom. The van der Waals surface area contributed by atoms with Gasteiger partial charge >= 0.3 is 7.12 Å². The van der Waals surface area contributed by atoms with Crippen LogP contribution in [0.3, 0.4) is 0 Å². The average Bonchev–Trinajstić information content (AvgIpc) is 3.46. The molecule has 1 spiro atoms. The second kappa shape index (κ2) is 7.37. The van der Waals surface area contributed by atoms with E-state index in [-0.39, 0.29) is 29.6 Å². The fourth-order valence-electron chi connectivity index (χ4n) is 7.33. The Balaban J connectivity index is 1.33. The van der Waals surface area contributed by atoms with E-state index < -0.39 is 0 Å². The van der Waals surface area contributed by atoms with Crippen LogP contribution in [0.5, 0.6) is 0 Å². The van der Waals surface area contributed by atoms with Crippen LogP contribution >= 0.6 is 0 Å². The summed E-state index contributed by atoms with van der Waals surface area (Å²) in [6, 6.07) is 32.0. The lowest BCUT2D eigenvalue weighted by Crippen LogP contribution is -2.41. The fraction of sp³-hybridized carbons (Fsp3) is 0.257. The van der Waals surface area contributed by atoms with Gasteiger partial charge in [-0.15, -0.1) is 0 Å². The van der Waals surface area contributed by atoms with Gasteiger partial charge in [-0.25, -0.2) is 0 Å². The van der Waals surface area contributed by atoms with Gasteiger partial charge in [-0.05, 0) is 95.8 Å². The summed E-state index contributed by atoms with van der Waals surface area (Å²) in [4.78, 5) is 0. The Labute approximate surface area is 225 Å². The maximum atomic E-state index is 6.47. The number of rotatable bonds is 1. The van der Waals surface area contributed by atoms with Gasteiger partial charge in [-0.1, -0.05) is 91.0 Å². The molecule has 4 aromatic rings. The average molecular weight is 494 g/mol. The van der Waals surface area contributed by atoms with Gasteiger partial charge in [0.05, 0.1) is 16.6 Å². The fourth-order valence-corrected chi connectivity index (χ4v) is 7.33. The Bertz CT molecular complexity index is 1620. The molecule has 38 heavy (non-hydrogen) atoms. The number of allylic oxidation sites excluding steroid dienone is 1. The van der Waals surface area contributed by atoms with Crippen molar-refractivity contribution in [3.63, 3.8) is 0 Å².